The number of fused-ring (bicyclic) bond motifs is 1. The Morgan fingerprint density at radius 1 is 0.842 bits per heavy atom. The standard InChI is InChI=1S/C15H19NO3/c1-4-17-13-11-9-7-8-10-12(11)16-15(19-6-3)14(13)18-5-2/h7-10H,4-6H2,1-3H3. The quantitative estimate of drug-likeness (QED) is 0.798. The predicted octanol–water partition coefficient (Wildman–Crippen LogP) is 3.43. The van der Waals surface area contributed by atoms with Crippen molar-refractivity contribution in [3.8, 4) is 17.4 Å². The van der Waals surface area contributed by atoms with Gasteiger partial charge < -0.3 is 14.2 Å². The number of para-hydroxylation sites is 1. The second kappa shape index (κ2) is 6.27. The first-order valence-electron chi connectivity index (χ1n) is 6.62. The number of nitrogens with zero attached hydrogens (tertiary/aromatic N) is 1. The van der Waals surface area contributed by atoms with Gasteiger partial charge in [0, 0.05) is 5.39 Å². The molecule has 0 aliphatic heterocycles. The van der Waals surface area contributed by atoms with Crippen LogP contribution >= 0.6 is 0 Å². The van der Waals surface area contributed by atoms with Crippen LogP contribution in [-0.4, -0.2) is 24.8 Å². The van der Waals surface area contributed by atoms with Crippen LogP contribution in [0.25, 0.3) is 10.9 Å². The maximum atomic E-state index is 5.74. The van der Waals surface area contributed by atoms with Crippen molar-refractivity contribution in [3.63, 3.8) is 0 Å². The molecular weight excluding hydrogens is 242 g/mol. The molecule has 1 aromatic carbocycles. The Balaban J connectivity index is 2.67. The summed E-state index contributed by atoms with van der Waals surface area (Å²) in [6.45, 7) is 7.45. The van der Waals surface area contributed by atoms with Crippen molar-refractivity contribution < 1.29 is 14.2 Å². The second-order valence-corrected chi connectivity index (χ2v) is 3.89. The molecule has 0 radical (unpaired) electrons. The monoisotopic (exact) mass is 261 g/mol. The molecule has 102 valence electrons. The summed E-state index contributed by atoms with van der Waals surface area (Å²) >= 11 is 0. The van der Waals surface area contributed by atoms with Crippen LogP contribution in [0, 0.1) is 0 Å². The summed E-state index contributed by atoms with van der Waals surface area (Å²) in [5.74, 6) is 1.79. The number of hydrogen-bond donors (Lipinski definition) is 0. The van der Waals surface area contributed by atoms with Crippen LogP contribution in [-0.2, 0) is 0 Å². The molecule has 0 bridgehead atoms. The third-order valence-corrected chi connectivity index (χ3v) is 2.63. The average molecular weight is 261 g/mol. The summed E-state index contributed by atoms with van der Waals surface area (Å²) in [5, 5.41) is 0.941. The number of rotatable bonds is 6. The first-order chi connectivity index (χ1) is 9.31. The van der Waals surface area contributed by atoms with Gasteiger partial charge in [-0.25, -0.2) is 4.98 Å². The molecule has 0 N–H and O–H groups in total. The van der Waals surface area contributed by atoms with Crippen LogP contribution in [0.15, 0.2) is 24.3 Å². The first kappa shape index (κ1) is 13.5. The van der Waals surface area contributed by atoms with Gasteiger partial charge >= 0.3 is 0 Å². The molecule has 0 aliphatic carbocycles. The molecular formula is C15H19NO3. The van der Waals surface area contributed by atoms with Crippen molar-refractivity contribution in [1.29, 1.82) is 0 Å². The van der Waals surface area contributed by atoms with Gasteiger partial charge in [0.2, 0.25) is 5.75 Å². The molecule has 4 nitrogen and oxygen atoms in total. The van der Waals surface area contributed by atoms with Crippen molar-refractivity contribution in [2.75, 3.05) is 19.8 Å². The summed E-state index contributed by atoms with van der Waals surface area (Å²) in [7, 11) is 0. The summed E-state index contributed by atoms with van der Waals surface area (Å²) in [6, 6.07) is 7.82. The van der Waals surface area contributed by atoms with Crippen LogP contribution in [0.1, 0.15) is 20.8 Å². The Bertz CT molecular complexity index is 554. The van der Waals surface area contributed by atoms with Gasteiger partial charge in [-0.05, 0) is 32.9 Å². The Hall–Kier alpha value is -1.97. The number of benzene rings is 1. The van der Waals surface area contributed by atoms with Gasteiger partial charge in [0.1, 0.15) is 0 Å². The minimum absolute atomic E-state index is 0.492. The van der Waals surface area contributed by atoms with E-state index in [2.05, 4.69) is 4.98 Å². The summed E-state index contributed by atoms with van der Waals surface area (Å²) in [5.41, 5.74) is 0.845. The van der Waals surface area contributed by atoms with Gasteiger partial charge in [-0.15, -0.1) is 0 Å². The summed E-state index contributed by atoms with van der Waals surface area (Å²) < 4.78 is 17.0. The highest BCUT2D eigenvalue weighted by atomic mass is 16.5. The number of hydrogen-bond acceptors (Lipinski definition) is 4. The highest BCUT2D eigenvalue weighted by Crippen LogP contribution is 2.41. The maximum absolute atomic E-state index is 5.74. The average Bonchev–Trinajstić information content (AvgIpc) is 2.43. The Morgan fingerprint density at radius 3 is 2.16 bits per heavy atom. The summed E-state index contributed by atoms with van der Waals surface area (Å²) in [6.07, 6.45) is 0. The highest BCUT2D eigenvalue weighted by molar-refractivity contribution is 5.88. The van der Waals surface area contributed by atoms with Gasteiger partial charge in [-0.3, -0.25) is 0 Å². The Kier molecular flexibility index (Phi) is 4.44. The van der Waals surface area contributed by atoms with Gasteiger partial charge in [0.15, 0.2) is 5.75 Å². The Labute approximate surface area is 113 Å². The molecule has 1 heterocycles. The fourth-order valence-electron chi connectivity index (χ4n) is 1.94. The number of ether oxygens (including phenoxy) is 3. The van der Waals surface area contributed by atoms with E-state index in [1.165, 1.54) is 0 Å². The van der Waals surface area contributed by atoms with E-state index >= 15 is 0 Å². The van der Waals surface area contributed by atoms with E-state index in [0.29, 0.717) is 37.2 Å². The molecule has 2 rings (SSSR count). The van der Waals surface area contributed by atoms with Crippen LogP contribution in [0.4, 0.5) is 0 Å². The fraction of sp³-hybridized carbons (Fsp3) is 0.400. The third-order valence-electron chi connectivity index (χ3n) is 2.63. The number of pyridine rings is 1. The molecule has 4 heteroatoms. The lowest BCUT2D eigenvalue weighted by Crippen LogP contribution is -2.04. The molecule has 0 unspecified atom stereocenters. The van der Waals surface area contributed by atoms with Crippen LogP contribution < -0.4 is 14.2 Å². The molecule has 0 aliphatic rings. The van der Waals surface area contributed by atoms with Gasteiger partial charge in [-0.1, -0.05) is 12.1 Å². The van der Waals surface area contributed by atoms with Crippen LogP contribution in [0.3, 0.4) is 0 Å². The largest absolute Gasteiger partial charge is 0.489 e. The topological polar surface area (TPSA) is 40.6 Å². The van der Waals surface area contributed by atoms with Crippen LogP contribution in [0.5, 0.6) is 17.4 Å². The van der Waals surface area contributed by atoms with Gasteiger partial charge in [0.05, 0.1) is 25.3 Å². The minimum Gasteiger partial charge on any atom is -0.489 e. The summed E-state index contributed by atoms with van der Waals surface area (Å²) in [4.78, 5) is 4.50. The van der Waals surface area contributed by atoms with E-state index in [-0.39, 0.29) is 0 Å². The zero-order valence-corrected chi connectivity index (χ0v) is 11.6. The predicted molar refractivity (Wildman–Crippen MR) is 75.3 cm³/mol. The van der Waals surface area contributed by atoms with E-state index in [1.807, 2.05) is 45.0 Å². The SMILES string of the molecule is CCOc1nc2ccccc2c(OCC)c1OCC. The lowest BCUT2D eigenvalue weighted by Gasteiger charge is -2.16. The lowest BCUT2D eigenvalue weighted by molar-refractivity contribution is 0.257. The molecule has 0 fully saturated rings. The lowest BCUT2D eigenvalue weighted by atomic mass is 10.2. The first-order valence-corrected chi connectivity index (χ1v) is 6.62. The Morgan fingerprint density at radius 2 is 1.47 bits per heavy atom. The molecule has 0 saturated heterocycles. The van der Waals surface area contributed by atoms with Crippen molar-refractivity contribution in [1.82, 2.24) is 4.98 Å². The van der Waals surface area contributed by atoms with Crippen molar-refractivity contribution >= 4 is 10.9 Å². The van der Waals surface area contributed by atoms with E-state index in [0.717, 1.165) is 10.9 Å². The maximum Gasteiger partial charge on any atom is 0.261 e. The van der Waals surface area contributed by atoms with Crippen molar-refractivity contribution in [2.45, 2.75) is 20.8 Å². The fourth-order valence-corrected chi connectivity index (χ4v) is 1.94. The normalized spacial score (nSPS) is 10.5. The minimum atomic E-state index is 0.492. The molecule has 0 spiro atoms. The molecule has 0 saturated carbocycles. The van der Waals surface area contributed by atoms with E-state index < -0.39 is 0 Å². The van der Waals surface area contributed by atoms with E-state index in [1.54, 1.807) is 0 Å². The molecule has 19 heavy (non-hydrogen) atoms. The van der Waals surface area contributed by atoms with Crippen molar-refractivity contribution in [3.05, 3.63) is 24.3 Å². The van der Waals surface area contributed by atoms with Crippen molar-refractivity contribution in [2.24, 2.45) is 0 Å². The van der Waals surface area contributed by atoms with E-state index in [9.17, 15) is 0 Å². The smallest absolute Gasteiger partial charge is 0.261 e. The molecule has 0 amide bonds. The zero-order chi connectivity index (χ0) is 13.7. The molecule has 1 aromatic heterocycles. The number of aromatic nitrogens is 1. The van der Waals surface area contributed by atoms with Crippen LogP contribution in [0.2, 0.25) is 0 Å². The molecule has 0 atom stereocenters. The third kappa shape index (κ3) is 2.72. The van der Waals surface area contributed by atoms with Gasteiger partial charge in [0.25, 0.3) is 5.88 Å². The second-order valence-electron chi connectivity index (χ2n) is 3.89. The van der Waals surface area contributed by atoms with E-state index in [4.69, 9.17) is 14.2 Å². The molecule has 2 aromatic rings. The highest BCUT2D eigenvalue weighted by Gasteiger charge is 2.18. The van der Waals surface area contributed by atoms with Gasteiger partial charge in [-0.2, -0.15) is 0 Å². The zero-order valence-electron chi connectivity index (χ0n) is 11.6.